The van der Waals surface area contributed by atoms with Gasteiger partial charge in [0.05, 0.1) is 0 Å². The van der Waals surface area contributed by atoms with Gasteiger partial charge in [-0.3, -0.25) is 0 Å². The van der Waals surface area contributed by atoms with E-state index in [4.69, 9.17) is 0 Å². The third-order valence-corrected chi connectivity index (χ3v) is 3.97. The summed E-state index contributed by atoms with van der Waals surface area (Å²) in [5, 5.41) is 3.49. The zero-order chi connectivity index (χ0) is 9.97. The molecule has 0 bridgehead atoms. The fourth-order valence-electron chi connectivity index (χ4n) is 1.59. The number of hydrogen-bond acceptors (Lipinski definition) is 3. The minimum absolute atomic E-state index is 0.593. The van der Waals surface area contributed by atoms with E-state index >= 15 is 0 Å². The van der Waals surface area contributed by atoms with Gasteiger partial charge in [0.25, 0.3) is 0 Å². The molecule has 0 aromatic carbocycles. The number of anilines is 1. The molecule has 1 aliphatic rings. The summed E-state index contributed by atoms with van der Waals surface area (Å²) in [6, 6.07) is 4.75. The van der Waals surface area contributed by atoms with E-state index in [2.05, 4.69) is 36.3 Å². The summed E-state index contributed by atoms with van der Waals surface area (Å²) in [6.45, 7) is 4.36. The first-order valence-corrected chi connectivity index (χ1v) is 6.18. The SMILES string of the molecule is Cc1ccc(NC2CSCC2C)nc1. The molecular weight excluding hydrogens is 192 g/mol. The molecule has 76 valence electrons. The lowest BCUT2D eigenvalue weighted by molar-refractivity contribution is 0.597. The van der Waals surface area contributed by atoms with Crippen molar-refractivity contribution in [2.24, 2.45) is 5.92 Å². The summed E-state index contributed by atoms with van der Waals surface area (Å²) in [6.07, 6.45) is 1.91. The Labute approximate surface area is 89.5 Å². The van der Waals surface area contributed by atoms with Crippen molar-refractivity contribution in [2.45, 2.75) is 19.9 Å². The molecule has 2 atom stereocenters. The molecule has 1 fully saturated rings. The van der Waals surface area contributed by atoms with E-state index in [0.29, 0.717) is 6.04 Å². The average molecular weight is 208 g/mol. The summed E-state index contributed by atoms with van der Waals surface area (Å²) in [4.78, 5) is 4.36. The highest BCUT2D eigenvalue weighted by molar-refractivity contribution is 7.99. The molecule has 2 nitrogen and oxygen atoms in total. The van der Waals surface area contributed by atoms with Gasteiger partial charge in [0, 0.05) is 18.0 Å². The number of thioether (sulfide) groups is 1. The Bertz CT molecular complexity index is 297. The minimum atomic E-state index is 0.593. The molecule has 2 unspecified atom stereocenters. The van der Waals surface area contributed by atoms with Crippen LogP contribution in [-0.4, -0.2) is 22.5 Å². The molecule has 1 saturated heterocycles. The lowest BCUT2D eigenvalue weighted by Crippen LogP contribution is -2.25. The topological polar surface area (TPSA) is 24.9 Å². The Morgan fingerprint density at radius 1 is 1.43 bits per heavy atom. The molecule has 1 aromatic rings. The third kappa shape index (κ3) is 2.21. The van der Waals surface area contributed by atoms with Crippen LogP contribution in [0.1, 0.15) is 12.5 Å². The van der Waals surface area contributed by atoms with Crippen LogP contribution in [0.25, 0.3) is 0 Å². The van der Waals surface area contributed by atoms with Crippen LogP contribution < -0.4 is 5.32 Å². The van der Waals surface area contributed by atoms with Crippen LogP contribution in [0.2, 0.25) is 0 Å². The maximum absolute atomic E-state index is 4.36. The second-order valence-electron chi connectivity index (χ2n) is 3.99. The second kappa shape index (κ2) is 4.22. The van der Waals surface area contributed by atoms with Crippen molar-refractivity contribution in [3.8, 4) is 0 Å². The van der Waals surface area contributed by atoms with E-state index in [9.17, 15) is 0 Å². The molecule has 0 amide bonds. The monoisotopic (exact) mass is 208 g/mol. The Morgan fingerprint density at radius 3 is 2.86 bits per heavy atom. The van der Waals surface area contributed by atoms with E-state index < -0.39 is 0 Å². The summed E-state index contributed by atoms with van der Waals surface area (Å²) in [5.74, 6) is 4.23. The summed E-state index contributed by atoms with van der Waals surface area (Å²) in [5.41, 5.74) is 1.21. The van der Waals surface area contributed by atoms with E-state index in [1.807, 2.05) is 18.0 Å². The maximum Gasteiger partial charge on any atom is 0.126 e. The summed E-state index contributed by atoms with van der Waals surface area (Å²) in [7, 11) is 0. The highest BCUT2D eigenvalue weighted by Gasteiger charge is 2.23. The number of nitrogens with one attached hydrogen (secondary N) is 1. The van der Waals surface area contributed by atoms with E-state index in [1.165, 1.54) is 17.1 Å². The Balaban J connectivity index is 2.00. The highest BCUT2D eigenvalue weighted by Crippen LogP contribution is 2.25. The molecule has 14 heavy (non-hydrogen) atoms. The first kappa shape index (κ1) is 9.84. The Kier molecular flexibility index (Phi) is 2.96. The second-order valence-corrected chi connectivity index (χ2v) is 5.06. The van der Waals surface area contributed by atoms with Gasteiger partial charge in [-0.2, -0.15) is 11.8 Å². The van der Waals surface area contributed by atoms with Crippen molar-refractivity contribution in [1.29, 1.82) is 0 Å². The lowest BCUT2D eigenvalue weighted by atomic mass is 10.1. The fraction of sp³-hybridized carbons (Fsp3) is 0.545. The number of nitrogens with zero attached hydrogens (tertiary/aromatic N) is 1. The van der Waals surface area contributed by atoms with Crippen molar-refractivity contribution in [3.05, 3.63) is 23.9 Å². The van der Waals surface area contributed by atoms with Gasteiger partial charge < -0.3 is 5.32 Å². The first-order valence-electron chi connectivity index (χ1n) is 5.02. The third-order valence-electron chi connectivity index (χ3n) is 2.61. The molecule has 0 spiro atoms. The summed E-state index contributed by atoms with van der Waals surface area (Å²) < 4.78 is 0. The predicted octanol–water partition coefficient (Wildman–Crippen LogP) is 2.55. The number of aryl methyl sites for hydroxylation is 1. The zero-order valence-corrected chi connectivity index (χ0v) is 9.47. The van der Waals surface area contributed by atoms with Gasteiger partial charge in [-0.25, -0.2) is 4.98 Å². The van der Waals surface area contributed by atoms with Crippen LogP contribution in [0, 0.1) is 12.8 Å². The van der Waals surface area contributed by atoms with E-state index in [0.717, 1.165) is 11.7 Å². The Hall–Kier alpha value is -0.700. The van der Waals surface area contributed by atoms with Crippen LogP contribution >= 0.6 is 11.8 Å². The molecule has 1 N–H and O–H groups in total. The molecular formula is C11H16N2S. The molecule has 2 rings (SSSR count). The molecule has 1 aliphatic heterocycles. The predicted molar refractivity (Wildman–Crippen MR) is 62.9 cm³/mol. The van der Waals surface area contributed by atoms with Crippen LogP contribution in [0.3, 0.4) is 0 Å². The van der Waals surface area contributed by atoms with Gasteiger partial charge in [-0.15, -0.1) is 0 Å². The molecule has 2 heterocycles. The number of hydrogen-bond donors (Lipinski definition) is 1. The first-order chi connectivity index (χ1) is 6.75. The van der Waals surface area contributed by atoms with Crippen molar-refractivity contribution >= 4 is 17.6 Å². The molecule has 0 radical (unpaired) electrons. The van der Waals surface area contributed by atoms with Crippen molar-refractivity contribution in [1.82, 2.24) is 4.98 Å². The maximum atomic E-state index is 4.36. The number of aromatic nitrogens is 1. The minimum Gasteiger partial charge on any atom is -0.366 e. The van der Waals surface area contributed by atoms with E-state index in [1.54, 1.807) is 0 Å². The standard InChI is InChI=1S/C11H16N2S/c1-8-3-4-11(12-5-8)13-10-7-14-6-9(10)2/h3-5,9-10H,6-7H2,1-2H3,(H,12,13). The van der Waals surface area contributed by atoms with Crippen molar-refractivity contribution in [3.63, 3.8) is 0 Å². The lowest BCUT2D eigenvalue weighted by Gasteiger charge is -2.16. The van der Waals surface area contributed by atoms with Crippen molar-refractivity contribution in [2.75, 3.05) is 16.8 Å². The molecule has 0 aliphatic carbocycles. The zero-order valence-electron chi connectivity index (χ0n) is 8.66. The van der Waals surface area contributed by atoms with Gasteiger partial charge in [-0.1, -0.05) is 13.0 Å². The van der Waals surface area contributed by atoms with Crippen LogP contribution in [0.15, 0.2) is 18.3 Å². The van der Waals surface area contributed by atoms with Gasteiger partial charge in [-0.05, 0) is 30.2 Å². The van der Waals surface area contributed by atoms with Crippen LogP contribution in [-0.2, 0) is 0 Å². The van der Waals surface area contributed by atoms with Gasteiger partial charge in [0.1, 0.15) is 5.82 Å². The van der Waals surface area contributed by atoms with Crippen molar-refractivity contribution < 1.29 is 0 Å². The fourth-order valence-corrected chi connectivity index (χ4v) is 2.99. The average Bonchev–Trinajstić information content (AvgIpc) is 2.56. The van der Waals surface area contributed by atoms with Gasteiger partial charge >= 0.3 is 0 Å². The highest BCUT2D eigenvalue weighted by atomic mass is 32.2. The largest absolute Gasteiger partial charge is 0.366 e. The molecule has 0 saturated carbocycles. The van der Waals surface area contributed by atoms with Crippen LogP contribution in [0.4, 0.5) is 5.82 Å². The quantitative estimate of drug-likeness (QED) is 0.808. The molecule has 1 aromatic heterocycles. The van der Waals surface area contributed by atoms with Crippen LogP contribution in [0.5, 0.6) is 0 Å². The molecule has 3 heteroatoms. The van der Waals surface area contributed by atoms with Gasteiger partial charge in [0.2, 0.25) is 0 Å². The van der Waals surface area contributed by atoms with Gasteiger partial charge in [0.15, 0.2) is 0 Å². The normalized spacial score (nSPS) is 26.4. The smallest absolute Gasteiger partial charge is 0.126 e. The summed E-state index contributed by atoms with van der Waals surface area (Å²) >= 11 is 2.02. The Morgan fingerprint density at radius 2 is 2.29 bits per heavy atom. The number of pyridine rings is 1. The van der Waals surface area contributed by atoms with E-state index in [-0.39, 0.29) is 0 Å². The number of rotatable bonds is 2.